The smallest absolute Gasteiger partial charge is 0.236 e. The molecule has 2 aromatic rings. The van der Waals surface area contributed by atoms with Crippen LogP contribution in [-0.2, 0) is 16.0 Å². The molecular weight excluding hydrogens is 398 g/mol. The number of benzene rings is 1. The number of carbonyl (C=O) groups excluding carboxylic acids is 2. The number of hydrogen-bond acceptors (Lipinski definition) is 7. The molecule has 2 amide bonds. The summed E-state index contributed by atoms with van der Waals surface area (Å²) in [5, 5.41) is 4.01. The molecule has 0 unspecified atom stereocenters. The van der Waals surface area contributed by atoms with Crippen molar-refractivity contribution in [2.24, 2.45) is 0 Å². The van der Waals surface area contributed by atoms with Crippen molar-refractivity contribution in [1.29, 1.82) is 0 Å². The highest BCUT2D eigenvalue weighted by molar-refractivity contribution is 5.79. The lowest BCUT2D eigenvalue weighted by Gasteiger charge is -2.35. The zero-order valence-electron chi connectivity index (χ0n) is 18.0. The van der Waals surface area contributed by atoms with E-state index in [2.05, 4.69) is 15.0 Å². The summed E-state index contributed by atoms with van der Waals surface area (Å²) in [6, 6.07) is 7.42. The van der Waals surface area contributed by atoms with Crippen molar-refractivity contribution < 1.29 is 18.8 Å². The number of ether oxygens (including phenoxy) is 1. The second-order valence-corrected chi connectivity index (χ2v) is 7.99. The van der Waals surface area contributed by atoms with E-state index in [4.69, 9.17) is 9.26 Å². The number of aromatic nitrogens is 2. The van der Waals surface area contributed by atoms with Crippen LogP contribution in [0.4, 0.5) is 0 Å². The van der Waals surface area contributed by atoms with Crippen LogP contribution in [-0.4, -0.2) is 89.6 Å². The van der Waals surface area contributed by atoms with Crippen molar-refractivity contribution in [2.75, 3.05) is 52.9 Å². The van der Waals surface area contributed by atoms with Gasteiger partial charge in [-0.15, -0.1) is 0 Å². The van der Waals surface area contributed by atoms with E-state index in [0.717, 1.165) is 50.3 Å². The van der Waals surface area contributed by atoms with Crippen LogP contribution in [0, 0.1) is 0 Å². The van der Waals surface area contributed by atoms with Gasteiger partial charge in [-0.05, 0) is 37.1 Å². The lowest BCUT2D eigenvalue weighted by Crippen LogP contribution is -2.51. The fraction of sp³-hybridized carbons (Fsp3) is 0.545. The molecule has 0 bridgehead atoms. The molecule has 166 valence electrons. The number of likely N-dealkylation sites (tertiary alicyclic amines) is 1. The van der Waals surface area contributed by atoms with E-state index in [1.54, 1.807) is 7.11 Å². The maximum Gasteiger partial charge on any atom is 0.236 e. The zero-order chi connectivity index (χ0) is 21.6. The third-order valence-electron chi connectivity index (χ3n) is 5.91. The Hall–Kier alpha value is -2.94. The molecule has 2 aliphatic rings. The number of rotatable bonds is 7. The average Bonchev–Trinajstić information content (AvgIpc) is 3.50. The Bertz CT molecular complexity index is 884. The van der Waals surface area contributed by atoms with Gasteiger partial charge >= 0.3 is 0 Å². The molecule has 9 nitrogen and oxygen atoms in total. The van der Waals surface area contributed by atoms with Gasteiger partial charge in [0, 0.05) is 57.7 Å². The minimum absolute atomic E-state index is 0.0784. The minimum atomic E-state index is 0.0784. The molecule has 0 aliphatic carbocycles. The van der Waals surface area contributed by atoms with Crippen molar-refractivity contribution in [3.63, 3.8) is 0 Å². The Morgan fingerprint density at radius 2 is 1.65 bits per heavy atom. The number of methoxy groups -OCH3 is 1. The third-order valence-corrected chi connectivity index (χ3v) is 5.91. The first-order valence-corrected chi connectivity index (χ1v) is 10.9. The van der Waals surface area contributed by atoms with Crippen LogP contribution < -0.4 is 4.74 Å². The first kappa shape index (κ1) is 21.3. The number of hydrogen-bond donors (Lipinski definition) is 0. The molecular formula is C22H29N5O4. The van der Waals surface area contributed by atoms with Crippen molar-refractivity contribution in [3.8, 4) is 17.1 Å². The average molecular weight is 428 g/mol. The summed E-state index contributed by atoms with van der Waals surface area (Å²) in [5.41, 5.74) is 0.835. The topological polar surface area (TPSA) is 92.0 Å². The van der Waals surface area contributed by atoms with E-state index in [1.165, 1.54) is 0 Å². The molecule has 9 heteroatoms. The lowest BCUT2D eigenvalue weighted by molar-refractivity contribution is -0.134. The Morgan fingerprint density at radius 3 is 2.32 bits per heavy atom. The van der Waals surface area contributed by atoms with Gasteiger partial charge in [-0.3, -0.25) is 14.5 Å². The molecule has 2 saturated heterocycles. The van der Waals surface area contributed by atoms with Gasteiger partial charge in [-0.25, -0.2) is 0 Å². The van der Waals surface area contributed by atoms with Crippen LogP contribution in [0.3, 0.4) is 0 Å². The maximum atomic E-state index is 12.6. The van der Waals surface area contributed by atoms with Gasteiger partial charge in [0.15, 0.2) is 0 Å². The molecule has 2 aliphatic heterocycles. The first-order chi connectivity index (χ1) is 15.1. The highest BCUT2D eigenvalue weighted by Gasteiger charge is 2.25. The van der Waals surface area contributed by atoms with Gasteiger partial charge in [0.2, 0.25) is 23.5 Å². The summed E-state index contributed by atoms with van der Waals surface area (Å²) in [5.74, 6) is 2.00. The lowest BCUT2D eigenvalue weighted by atomic mass is 10.2. The standard InChI is InChI=1S/C22H29N5O4/c1-30-18-6-4-17(5-7-18)22-23-19(31-24-22)8-9-20(28)27-14-12-25(13-15-27)16-21(29)26-10-2-3-11-26/h4-7H,2-3,8-16H2,1H3. The van der Waals surface area contributed by atoms with Crippen LogP contribution in [0.1, 0.15) is 25.2 Å². The fourth-order valence-corrected chi connectivity index (χ4v) is 4.00. The largest absolute Gasteiger partial charge is 0.497 e. The Labute approximate surface area is 181 Å². The second-order valence-electron chi connectivity index (χ2n) is 7.99. The van der Waals surface area contributed by atoms with Crippen molar-refractivity contribution in [2.45, 2.75) is 25.7 Å². The van der Waals surface area contributed by atoms with Crippen LogP contribution in [0.2, 0.25) is 0 Å². The van der Waals surface area contributed by atoms with E-state index in [9.17, 15) is 9.59 Å². The van der Waals surface area contributed by atoms with E-state index in [0.29, 0.717) is 44.2 Å². The molecule has 0 N–H and O–H groups in total. The molecule has 2 fully saturated rings. The predicted octanol–water partition coefficient (Wildman–Crippen LogP) is 1.44. The van der Waals surface area contributed by atoms with E-state index < -0.39 is 0 Å². The Morgan fingerprint density at radius 1 is 0.968 bits per heavy atom. The first-order valence-electron chi connectivity index (χ1n) is 10.9. The molecule has 0 saturated carbocycles. The van der Waals surface area contributed by atoms with Gasteiger partial charge < -0.3 is 19.1 Å². The molecule has 0 radical (unpaired) electrons. The van der Waals surface area contributed by atoms with Crippen LogP contribution >= 0.6 is 0 Å². The van der Waals surface area contributed by atoms with Crippen molar-refractivity contribution in [3.05, 3.63) is 30.2 Å². The van der Waals surface area contributed by atoms with Gasteiger partial charge in [0.05, 0.1) is 13.7 Å². The second kappa shape index (κ2) is 9.91. The SMILES string of the molecule is COc1ccc(-c2noc(CCC(=O)N3CCN(CC(=O)N4CCCC4)CC3)n2)cc1. The summed E-state index contributed by atoms with van der Waals surface area (Å²) < 4.78 is 10.5. The van der Waals surface area contributed by atoms with Crippen LogP contribution in [0.5, 0.6) is 5.75 Å². The van der Waals surface area contributed by atoms with Gasteiger partial charge in [0.25, 0.3) is 0 Å². The number of nitrogens with zero attached hydrogens (tertiary/aromatic N) is 5. The van der Waals surface area contributed by atoms with E-state index in [-0.39, 0.29) is 11.8 Å². The monoisotopic (exact) mass is 427 g/mol. The molecule has 4 rings (SSSR count). The fourth-order valence-electron chi connectivity index (χ4n) is 4.00. The quantitative estimate of drug-likeness (QED) is 0.660. The third kappa shape index (κ3) is 5.41. The van der Waals surface area contributed by atoms with Gasteiger partial charge in [-0.1, -0.05) is 5.16 Å². The molecule has 0 atom stereocenters. The Kier molecular flexibility index (Phi) is 6.81. The summed E-state index contributed by atoms with van der Waals surface area (Å²) in [7, 11) is 1.62. The van der Waals surface area contributed by atoms with E-state index >= 15 is 0 Å². The predicted molar refractivity (Wildman–Crippen MR) is 113 cm³/mol. The molecule has 1 aromatic carbocycles. The highest BCUT2D eigenvalue weighted by Crippen LogP contribution is 2.20. The van der Waals surface area contributed by atoms with Crippen LogP contribution in [0.15, 0.2) is 28.8 Å². The number of piperazine rings is 1. The summed E-state index contributed by atoms with van der Waals surface area (Å²) in [6.45, 7) is 4.97. The molecule has 31 heavy (non-hydrogen) atoms. The number of amides is 2. The Balaban J connectivity index is 1.21. The van der Waals surface area contributed by atoms with Crippen molar-refractivity contribution >= 4 is 11.8 Å². The molecule has 3 heterocycles. The minimum Gasteiger partial charge on any atom is -0.497 e. The summed E-state index contributed by atoms with van der Waals surface area (Å²) in [4.78, 5) is 35.2. The number of aryl methyl sites for hydroxylation is 1. The highest BCUT2D eigenvalue weighted by atomic mass is 16.5. The maximum absolute atomic E-state index is 12.6. The summed E-state index contributed by atoms with van der Waals surface area (Å²) in [6.07, 6.45) is 2.96. The zero-order valence-corrected chi connectivity index (χ0v) is 18.0. The van der Waals surface area contributed by atoms with Gasteiger partial charge in [0.1, 0.15) is 5.75 Å². The number of carbonyl (C=O) groups is 2. The van der Waals surface area contributed by atoms with Crippen molar-refractivity contribution in [1.82, 2.24) is 24.8 Å². The normalized spacial score (nSPS) is 17.2. The summed E-state index contributed by atoms with van der Waals surface area (Å²) >= 11 is 0. The van der Waals surface area contributed by atoms with Gasteiger partial charge in [-0.2, -0.15) is 4.98 Å². The van der Waals surface area contributed by atoms with Crippen LogP contribution in [0.25, 0.3) is 11.4 Å². The molecule has 1 aromatic heterocycles. The van der Waals surface area contributed by atoms with E-state index in [1.807, 2.05) is 34.1 Å². The molecule has 0 spiro atoms.